The molecular formula is C21H28N4O2. The highest BCUT2D eigenvalue weighted by atomic mass is 16.2. The highest BCUT2D eigenvalue weighted by molar-refractivity contribution is 5.78. The number of aromatic nitrogens is 2. The summed E-state index contributed by atoms with van der Waals surface area (Å²) in [4.78, 5) is 30.5. The molecule has 27 heavy (non-hydrogen) atoms. The van der Waals surface area contributed by atoms with Crippen molar-refractivity contribution in [3.8, 4) is 0 Å². The van der Waals surface area contributed by atoms with E-state index in [4.69, 9.17) is 0 Å². The summed E-state index contributed by atoms with van der Waals surface area (Å²) >= 11 is 0. The van der Waals surface area contributed by atoms with Crippen molar-refractivity contribution in [2.75, 3.05) is 13.1 Å². The van der Waals surface area contributed by atoms with Gasteiger partial charge in [0.25, 0.3) is 0 Å². The van der Waals surface area contributed by atoms with Gasteiger partial charge in [-0.05, 0) is 48.4 Å². The molecule has 1 aliphatic rings. The lowest BCUT2D eigenvalue weighted by atomic mass is 9.92. The van der Waals surface area contributed by atoms with Crippen molar-refractivity contribution in [2.45, 2.75) is 38.6 Å². The van der Waals surface area contributed by atoms with E-state index in [9.17, 15) is 9.59 Å². The van der Waals surface area contributed by atoms with Crippen LogP contribution >= 0.6 is 0 Å². The molecule has 0 unspecified atom stereocenters. The molecule has 6 heteroatoms. The maximum Gasteiger partial charge on any atom is 0.227 e. The zero-order chi connectivity index (χ0) is 19.1. The van der Waals surface area contributed by atoms with Gasteiger partial charge >= 0.3 is 0 Å². The molecule has 3 rings (SSSR count). The normalized spacial score (nSPS) is 14.9. The Labute approximate surface area is 160 Å². The van der Waals surface area contributed by atoms with Crippen LogP contribution in [0.4, 0.5) is 0 Å². The highest BCUT2D eigenvalue weighted by Crippen LogP contribution is 2.22. The second-order valence-corrected chi connectivity index (χ2v) is 7.36. The van der Waals surface area contributed by atoms with Crippen LogP contribution in [0.3, 0.4) is 0 Å². The van der Waals surface area contributed by atoms with E-state index in [0.717, 1.165) is 43.5 Å². The fourth-order valence-electron chi connectivity index (χ4n) is 3.55. The van der Waals surface area contributed by atoms with Gasteiger partial charge in [-0.1, -0.05) is 6.07 Å². The fourth-order valence-corrected chi connectivity index (χ4v) is 3.55. The van der Waals surface area contributed by atoms with Crippen molar-refractivity contribution in [2.24, 2.45) is 13.0 Å². The van der Waals surface area contributed by atoms with E-state index in [1.54, 1.807) is 12.4 Å². The third-order valence-corrected chi connectivity index (χ3v) is 5.21. The molecule has 144 valence electrons. The van der Waals surface area contributed by atoms with Crippen LogP contribution in [0.25, 0.3) is 0 Å². The molecular weight excluding hydrogens is 340 g/mol. The summed E-state index contributed by atoms with van der Waals surface area (Å²) in [6.07, 6.45) is 11.3. The van der Waals surface area contributed by atoms with Gasteiger partial charge in [0.05, 0.1) is 6.42 Å². The molecule has 0 atom stereocenters. The van der Waals surface area contributed by atoms with Crippen molar-refractivity contribution in [1.82, 2.24) is 19.8 Å². The van der Waals surface area contributed by atoms with E-state index in [1.807, 2.05) is 47.1 Å². The summed E-state index contributed by atoms with van der Waals surface area (Å²) in [5.74, 6) is 0.810. The number of piperidine rings is 1. The first-order chi connectivity index (χ1) is 13.1. The van der Waals surface area contributed by atoms with Gasteiger partial charge in [0.2, 0.25) is 11.8 Å². The average molecular weight is 368 g/mol. The minimum absolute atomic E-state index is 0.0847. The van der Waals surface area contributed by atoms with E-state index in [0.29, 0.717) is 25.3 Å². The topological polar surface area (TPSA) is 67.2 Å². The van der Waals surface area contributed by atoms with E-state index in [1.165, 1.54) is 0 Å². The number of pyridine rings is 1. The number of nitrogens with one attached hydrogen (secondary N) is 1. The van der Waals surface area contributed by atoms with Gasteiger partial charge in [-0.25, -0.2) is 0 Å². The van der Waals surface area contributed by atoms with Crippen molar-refractivity contribution in [3.63, 3.8) is 0 Å². The minimum Gasteiger partial charge on any atom is -0.357 e. The molecule has 0 aliphatic carbocycles. The van der Waals surface area contributed by atoms with Gasteiger partial charge in [-0.2, -0.15) is 0 Å². The number of likely N-dealkylation sites (tertiary alicyclic amines) is 1. The second-order valence-electron chi connectivity index (χ2n) is 7.36. The maximum atomic E-state index is 12.4. The smallest absolute Gasteiger partial charge is 0.227 e. The summed E-state index contributed by atoms with van der Waals surface area (Å²) < 4.78 is 1.97. The summed E-state index contributed by atoms with van der Waals surface area (Å²) in [6, 6.07) is 5.82. The molecule has 2 aromatic heterocycles. The summed E-state index contributed by atoms with van der Waals surface area (Å²) in [6.45, 7) is 2.13. The lowest BCUT2D eigenvalue weighted by molar-refractivity contribution is -0.132. The van der Waals surface area contributed by atoms with Crippen LogP contribution in [-0.2, 0) is 29.6 Å². The third-order valence-electron chi connectivity index (χ3n) is 5.21. The zero-order valence-corrected chi connectivity index (χ0v) is 15.9. The minimum atomic E-state index is 0.0847. The molecule has 1 aliphatic heterocycles. The van der Waals surface area contributed by atoms with Gasteiger partial charge < -0.3 is 14.8 Å². The Morgan fingerprint density at radius 3 is 2.70 bits per heavy atom. The zero-order valence-electron chi connectivity index (χ0n) is 15.9. The lowest BCUT2D eigenvalue weighted by Gasteiger charge is -2.32. The molecule has 2 aromatic rings. The number of hydrogen-bond donors (Lipinski definition) is 1. The van der Waals surface area contributed by atoms with Gasteiger partial charge in [0.1, 0.15) is 0 Å². The number of carbonyl (C=O) groups excluding carboxylic acids is 2. The highest BCUT2D eigenvalue weighted by Gasteiger charge is 2.23. The number of rotatable bonds is 7. The first kappa shape index (κ1) is 19.1. The van der Waals surface area contributed by atoms with Crippen LogP contribution in [0, 0.1) is 5.92 Å². The summed E-state index contributed by atoms with van der Waals surface area (Å²) in [5.41, 5.74) is 2.07. The lowest BCUT2D eigenvalue weighted by Crippen LogP contribution is -2.39. The molecule has 0 saturated carbocycles. The Bertz CT molecular complexity index is 749. The van der Waals surface area contributed by atoms with Crippen LogP contribution in [0.5, 0.6) is 0 Å². The standard InChI is InChI=1S/C21H28N4O2/c1-24-10-6-18(16-24)13-21(27)25-11-7-17(8-12-25)4-5-20(26)23-15-19-3-2-9-22-14-19/h2-3,6,9-10,14,16-17H,4-5,7-8,11-13,15H2,1H3,(H,23,26). The number of amides is 2. The van der Waals surface area contributed by atoms with Crippen molar-refractivity contribution < 1.29 is 9.59 Å². The van der Waals surface area contributed by atoms with Gasteiger partial charge in [0, 0.05) is 57.9 Å². The fraction of sp³-hybridized carbons (Fsp3) is 0.476. The predicted octanol–water partition coefficient (Wildman–Crippen LogP) is 2.30. The average Bonchev–Trinajstić information content (AvgIpc) is 3.10. The van der Waals surface area contributed by atoms with Crippen LogP contribution < -0.4 is 5.32 Å². The molecule has 3 heterocycles. The summed E-state index contributed by atoms with van der Waals surface area (Å²) in [5, 5.41) is 2.95. The molecule has 6 nitrogen and oxygen atoms in total. The van der Waals surface area contributed by atoms with E-state index in [-0.39, 0.29) is 11.8 Å². The Balaban J connectivity index is 1.33. The van der Waals surface area contributed by atoms with Crippen LogP contribution in [0.2, 0.25) is 0 Å². The van der Waals surface area contributed by atoms with Gasteiger partial charge in [-0.15, -0.1) is 0 Å². The number of carbonyl (C=O) groups is 2. The Kier molecular flexibility index (Phi) is 6.63. The molecule has 1 fully saturated rings. The van der Waals surface area contributed by atoms with Crippen LogP contribution in [0.15, 0.2) is 43.0 Å². The molecule has 0 aromatic carbocycles. The quantitative estimate of drug-likeness (QED) is 0.815. The number of aryl methyl sites for hydroxylation is 1. The Hall–Kier alpha value is -2.63. The first-order valence-corrected chi connectivity index (χ1v) is 9.64. The SMILES string of the molecule is Cn1ccc(CC(=O)N2CCC(CCC(=O)NCc3cccnc3)CC2)c1. The van der Waals surface area contributed by atoms with Crippen LogP contribution in [-0.4, -0.2) is 39.4 Å². The maximum absolute atomic E-state index is 12.4. The number of hydrogen-bond acceptors (Lipinski definition) is 3. The van der Waals surface area contributed by atoms with E-state index < -0.39 is 0 Å². The molecule has 0 spiro atoms. The van der Waals surface area contributed by atoms with Crippen molar-refractivity contribution in [1.29, 1.82) is 0 Å². The molecule has 1 saturated heterocycles. The van der Waals surface area contributed by atoms with Crippen molar-refractivity contribution >= 4 is 11.8 Å². The third kappa shape index (κ3) is 5.94. The molecule has 0 radical (unpaired) electrons. The largest absolute Gasteiger partial charge is 0.357 e. The second kappa shape index (κ2) is 9.35. The van der Waals surface area contributed by atoms with E-state index in [2.05, 4.69) is 10.3 Å². The number of nitrogens with zero attached hydrogens (tertiary/aromatic N) is 3. The van der Waals surface area contributed by atoms with Crippen molar-refractivity contribution in [3.05, 3.63) is 54.1 Å². The molecule has 2 amide bonds. The van der Waals surface area contributed by atoms with Gasteiger partial charge in [-0.3, -0.25) is 14.6 Å². The monoisotopic (exact) mass is 368 g/mol. The summed E-state index contributed by atoms with van der Waals surface area (Å²) in [7, 11) is 1.96. The van der Waals surface area contributed by atoms with E-state index >= 15 is 0 Å². The first-order valence-electron chi connectivity index (χ1n) is 9.64. The molecule has 1 N–H and O–H groups in total. The Morgan fingerprint density at radius 1 is 1.22 bits per heavy atom. The molecule has 0 bridgehead atoms. The van der Waals surface area contributed by atoms with Gasteiger partial charge in [0.15, 0.2) is 0 Å². The predicted molar refractivity (Wildman–Crippen MR) is 104 cm³/mol. The Morgan fingerprint density at radius 2 is 2.04 bits per heavy atom. The van der Waals surface area contributed by atoms with Crippen LogP contribution in [0.1, 0.15) is 36.8 Å².